The minimum Gasteiger partial charge on any atom is -0.398 e. The second-order valence-corrected chi connectivity index (χ2v) is 5.73. The smallest absolute Gasteiger partial charge is 0.256 e. The van der Waals surface area contributed by atoms with Crippen molar-refractivity contribution >= 4 is 11.6 Å². The molecule has 1 aromatic carbocycles. The number of benzene rings is 1. The van der Waals surface area contributed by atoms with Crippen molar-refractivity contribution in [1.29, 1.82) is 0 Å². The number of hydrogen-bond acceptors (Lipinski definition) is 3. The average molecular weight is 262 g/mol. The van der Waals surface area contributed by atoms with Crippen molar-refractivity contribution in [1.82, 2.24) is 4.90 Å². The predicted octanol–water partition coefficient (Wildman–Crippen LogP) is 2.04. The van der Waals surface area contributed by atoms with Crippen LogP contribution in [0.5, 0.6) is 0 Å². The summed E-state index contributed by atoms with van der Waals surface area (Å²) in [5.74, 6) is 0.0449. The van der Waals surface area contributed by atoms with Crippen LogP contribution in [-0.4, -0.2) is 37.6 Å². The molecule has 0 aromatic heterocycles. The van der Waals surface area contributed by atoms with Gasteiger partial charge in [0.1, 0.15) is 0 Å². The van der Waals surface area contributed by atoms with Gasteiger partial charge in [-0.15, -0.1) is 0 Å². The molecular formula is C15H22N2O2. The lowest BCUT2D eigenvalue weighted by Crippen LogP contribution is -2.47. The van der Waals surface area contributed by atoms with Gasteiger partial charge in [-0.1, -0.05) is 26.0 Å². The molecule has 0 spiro atoms. The molecule has 2 N–H and O–H groups in total. The zero-order valence-corrected chi connectivity index (χ0v) is 11.9. The van der Waals surface area contributed by atoms with E-state index >= 15 is 0 Å². The highest BCUT2D eigenvalue weighted by Crippen LogP contribution is 2.35. The van der Waals surface area contributed by atoms with E-state index in [1.54, 1.807) is 13.2 Å². The van der Waals surface area contributed by atoms with Crippen LogP contribution in [0.1, 0.15) is 36.2 Å². The number of carbonyl (C=O) groups is 1. The number of rotatable bonds is 4. The zero-order chi connectivity index (χ0) is 14.0. The summed E-state index contributed by atoms with van der Waals surface area (Å²) in [5.41, 5.74) is 8.24. The molecule has 0 radical (unpaired) electrons. The van der Waals surface area contributed by atoms with Gasteiger partial charge in [-0.05, 0) is 18.1 Å². The van der Waals surface area contributed by atoms with Crippen LogP contribution in [0, 0.1) is 0 Å². The highest BCUT2D eigenvalue weighted by atomic mass is 16.5. The second-order valence-electron chi connectivity index (χ2n) is 5.73. The number of carbonyl (C=O) groups excluding carboxylic acids is 1. The van der Waals surface area contributed by atoms with Crippen LogP contribution in [-0.2, 0) is 10.2 Å². The van der Waals surface area contributed by atoms with Gasteiger partial charge in [-0.2, -0.15) is 0 Å². The normalized spacial score (nSPS) is 17.4. The Balaban J connectivity index is 2.31. The maximum absolute atomic E-state index is 12.5. The van der Waals surface area contributed by atoms with E-state index in [-0.39, 0.29) is 11.3 Å². The zero-order valence-electron chi connectivity index (χ0n) is 11.9. The molecule has 0 saturated carbocycles. The number of nitrogen functional groups attached to an aromatic ring is 1. The van der Waals surface area contributed by atoms with Crippen LogP contribution < -0.4 is 5.73 Å². The Bertz CT molecular complexity index is 483. The summed E-state index contributed by atoms with van der Waals surface area (Å²) >= 11 is 0. The lowest BCUT2D eigenvalue weighted by Gasteiger charge is -2.40. The maximum atomic E-state index is 12.5. The third-order valence-electron chi connectivity index (χ3n) is 3.69. The SMILES string of the molecule is COCCCN1CC(C)(C)c2cccc(N)c2C1=O. The Morgan fingerprint density at radius 2 is 2.16 bits per heavy atom. The molecule has 0 fully saturated rings. The first kappa shape index (κ1) is 13.9. The average Bonchev–Trinajstić information content (AvgIpc) is 2.35. The van der Waals surface area contributed by atoms with E-state index < -0.39 is 0 Å². The molecule has 1 aliphatic heterocycles. The van der Waals surface area contributed by atoms with Crippen LogP contribution in [0.4, 0.5) is 5.69 Å². The number of amides is 1. The molecule has 0 bridgehead atoms. The molecule has 0 unspecified atom stereocenters. The van der Waals surface area contributed by atoms with Crippen molar-refractivity contribution in [3.63, 3.8) is 0 Å². The molecule has 0 saturated heterocycles. The van der Waals surface area contributed by atoms with E-state index in [1.807, 2.05) is 17.0 Å². The van der Waals surface area contributed by atoms with Crippen molar-refractivity contribution in [3.05, 3.63) is 29.3 Å². The summed E-state index contributed by atoms with van der Waals surface area (Å²) in [6.07, 6.45) is 0.848. The number of nitrogens with two attached hydrogens (primary N) is 1. The standard InChI is InChI=1S/C15H22N2O2/c1-15(2)10-17(8-5-9-19-3)14(18)13-11(15)6-4-7-12(13)16/h4,6-7H,5,8-10,16H2,1-3H3. The Morgan fingerprint density at radius 3 is 2.84 bits per heavy atom. The van der Waals surface area contributed by atoms with E-state index in [1.165, 1.54) is 0 Å². The summed E-state index contributed by atoms with van der Waals surface area (Å²) in [4.78, 5) is 14.4. The molecule has 104 valence electrons. The van der Waals surface area contributed by atoms with Gasteiger partial charge in [0.15, 0.2) is 0 Å². The van der Waals surface area contributed by atoms with Crippen LogP contribution in [0.3, 0.4) is 0 Å². The summed E-state index contributed by atoms with van der Waals surface area (Å²) < 4.78 is 5.05. The van der Waals surface area contributed by atoms with E-state index in [0.717, 1.165) is 18.5 Å². The third kappa shape index (κ3) is 2.59. The molecule has 19 heavy (non-hydrogen) atoms. The molecule has 0 aliphatic carbocycles. The maximum Gasteiger partial charge on any atom is 0.256 e. The molecule has 1 aliphatic rings. The number of anilines is 1. The van der Waals surface area contributed by atoms with Crippen molar-refractivity contribution in [2.24, 2.45) is 0 Å². The van der Waals surface area contributed by atoms with Gasteiger partial charge in [0, 0.05) is 37.9 Å². The van der Waals surface area contributed by atoms with E-state index in [2.05, 4.69) is 13.8 Å². The van der Waals surface area contributed by atoms with Crippen LogP contribution >= 0.6 is 0 Å². The largest absolute Gasteiger partial charge is 0.398 e. The van der Waals surface area contributed by atoms with Gasteiger partial charge in [-0.3, -0.25) is 4.79 Å². The van der Waals surface area contributed by atoms with Gasteiger partial charge >= 0.3 is 0 Å². The lowest BCUT2D eigenvalue weighted by molar-refractivity contribution is 0.0668. The Morgan fingerprint density at radius 1 is 1.42 bits per heavy atom. The monoisotopic (exact) mass is 262 g/mol. The first-order valence-electron chi connectivity index (χ1n) is 6.64. The molecule has 0 atom stereocenters. The fourth-order valence-corrected chi connectivity index (χ4v) is 2.75. The third-order valence-corrected chi connectivity index (χ3v) is 3.69. The van der Waals surface area contributed by atoms with Crippen LogP contribution in [0.2, 0.25) is 0 Å². The van der Waals surface area contributed by atoms with Gasteiger partial charge < -0.3 is 15.4 Å². The van der Waals surface area contributed by atoms with E-state index in [9.17, 15) is 4.79 Å². The van der Waals surface area contributed by atoms with E-state index in [0.29, 0.717) is 24.4 Å². The molecular weight excluding hydrogens is 240 g/mol. The molecule has 4 heteroatoms. The van der Waals surface area contributed by atoms with Crippen molar-refractivity contribution in [3.8, 4) is 0 Å². The Kier molecular flexibility index (Phi) is 3.80. The summed E-state index contributed by atoms with van der Waals surface area (Å²) in [6, 6.07) is 5.73. The number of methoxy groups -OCH3 is 1. The summed E-state index contributed by atoms with van der Waals surface area (Å²) in [7, 11) is 1.68. The summed E-state index contributed by atoms with van der Waals surface area (Å²) in [5, 5.41) is 0. The van der Waals surface area contributed by atoms with Gasteiger partial charge in [-0.25, -0.2) is 0 Å². The molecule has 1 amide bonds. The minimum atomic E-state index is -0.0638. The lowest BCUT2D eigenvalue weighted by atomic mass is 9.77. The molecule has 4 nitrogen and oxygen atoms in total. The van der Waals surface area contributed by atoms with Crippen molar-refractivity contribution in [2.75, 3.05) is 32.5 Å². The fourth-order valence-electron chi connectivity index (χ4n) is 2.75. The Hall–Kier alpha value is -1.55. The van der Waals surface area contributed by atoms with Crippen molar-refractivity contribution < 1.29 is 9.53 Å². The van der Waals surface area contributed by atoms with Gasteiger partial charge in [0.2, 0.25) is 0 Å². The number of ether oxygens (including phenoxy) is 1. The minimum absolute atomic E-state index is 0.0449. The highest BCUT2D eigenvalue weighted by molar-refractivity contribution is 6.02. The predicted molar refractivity (Wildman–Crippen MR) is 76.3 cm³/mol. The van der Waals surface area contributed by atoms with Gasteiger partial charge in [0.05, 0.1) is 5.56 Å². The van der Waals surface area contributed by atoms with E-state index in [4.69, 9.17) is 10.5 Å². The first-order valence-corrected chi connectivity index (χ1v) is 6.64. The van der Waals surface area contributed by atoms with Gasteiger partial charge in [0.25, 0.3) is 5.91 Å². The Labute approximate surface area is 114 Å². The fraction of sp³-hybridized carbons (Fsp3) is 0.533. The summed E-state index contributed by atoms with van der Waals surface area (Å²) in [6.45, 7) is 6.42. The van der Waals surface area contributed by atoms with Crippen LogP contribution in [0.15, 0.2) is 18.2 Å². The second kappa shape index (κ2) is 5.21. The molecule has 2 rings (SSSR count). The molecule has 1 aromatic rings. The number of nitrogens with zero attached hydrogens (tertiary/aromatic N) is 1. The topological polar surface area (TPSA) is 55.6 Å². The van der Waals surface area contributed by atoms with Crippen molar-refractivity contribution in [2.45, 2.75) is 25.7 Å². The highest BCUT2D eigenvalue weighted by Gasteiger charge is 2.37. The number of hydrogen-bond donors (Lipinski definition) is 1. The van der Waals surface area contributed by atoms with Crippen LogP contribution in [0.25, 0.3) is 0 Å². The number of fused-ring (bicyclic) bond motifs is 1. The molecule has 1 heterocycles. The quantitative estimate of drug-likeness (QED) is 0.667. The first-order chi connectivity index (χ1) is 8.97.